The molecule has 1 saturated heterocycles. The smallest absolute Gasteiger partial charge is 0.254 e. The first-order valence-corrected chi connectivity index (χ1v) is 10.0. The number of piperidine rings is 1. The molecule has 0 bridgehead atoms. The second kappa shape index (κ2) is 8.11. The summed E-state index contributed by atoms with van der Waals surface area (Å²) in [7, 11) is 3.25. The summed E-state index contributed by atoms with van der Waals surface area (Å²) in [5.41, 5.74) is 3.05. The molecule has 150 valence electrons. The molecule has 1 amide bonds. The van der Waals surface area contributed by atoms with Gasteiger partial charge in [0.1, 0.15) is 11.5 Å². The van der Waals surface area contributed by atoms with E-state index in [0.29, 0.717) is 23.0 Å². The van der Waals surface area contributed by atoms with Crippen LogP contribution in [0.5, 0.6) is 11.5 Å². The molecule has 0 spiro atoms. The molecular formula is C24H26N2O3. The van der Waals surface area contributed by atoms with Gasteiger partial charge in [0.05, 0.1) is 31.0 Å². The van der Waals surface area contributed by atoms with E-state index in [4.69, 9.17) is 14.5 Å². The summed E-state index contributed by atoms with van der Waals surface area (Å²) in [5.74, 6) is 1.98. The third-order valence-corrected chi connectivity index (χ3v) is 5.58. The summed E-state index contributed by atoms with van der Waals surface area (Å²) in [6.07, 6.45) is 2.23. The fourth-order valence-electron chi connectivity index (χ4n) is 4.04. The molecule has 4 rings (SSSR count). The van der Waals surface area contributed by atoms with Gasteiger partial charge in [0.15, 0.2) is 0 Å². The quantitative estimate of drug-likeness (QED) is 0.643. The number of pyridine rings is 1. The van der Waals surface area contributed by atoms with Gasteiger partial charge in [-0.25, -0.2) is 4.98 Å². The molecule has 1 fully saturated rings. The molecule has 0 N–H and O–H groups in total. The Kier molecular flexibility index (Phi) is 5.38. The maximum Gasteiger partial charge on any atom is 0.254 e. The Morgan fingerprint density at radius 1 is 1.10 bits per heavy atom. The fourth-order valence-corrected chi connectivity index (χ4v) is 4.04. The number of para-hydroxylation sites is 1. The van der Waals surface area contributed by atoms with E-state index in [2.05, 4.69) is 6.92 Å². The number of hydrogen-bond acceptors (Lipinski definition) is 4. The predicted octanol–water partition coefficient (Wildman–Crippen LogP) is 4.79. The number of nitrogens with zero attached hydrogens (tertiary/aromatic N) is 2. The number of ether oxygens (including phenoxy) is 2. The number of rotatable bonds is 4. The maximum atomic E-state index is 13.4. The second-order valence-electron chi connectivity index (χ2n) is 7.64. The van der Waals surface area contributed by atoms with Crippen LogP contribution in [0.2, 0.25) is 0 Å². The van der Waals surface area contributed by atoms with E-state index < -0.39 is 0 Å². The van der Waals surface area contributed by atoms with Crippen LogP contribution < -0.4 is 9.47 Å². The molecular weight excluding hydrogens is 364 g/mol. The Morgan fingerprint density at radius 3 is 2.69 bits per heavy atom. The lowest BCUT2D eigenvalue weighted by Crippen LogP contribution is -2.39. The van der Waals surface area contributed by atoms with Gasteiger partial charge in [-0.05, 0) is 43.0 Å². The molecule has 0 aliphatic carbocycles. The number of amides is 1. The third kappa shape index (κ3) is 3.77. The van der Waals surface area contributed by atoms with Crippen LogP contribution in [0.15, 0.2) is 48.5 Å². The molecule has 1 aliphatic heterocycles. The van der Waals surface area contributed by atoms with Gasteiger partial charge >= 0.3 is 0 Å². The zero-order valence-corrected chi connectivity index (χ0v) is 17.1. The molecule has 1 aromatic heterocycles. The summed E-state index contributed by atoms with van der Waals surface area (Å²) < 4.78 is 10.9. The summed E-state index contributed by atoms with van der Waals surface area (Å²) in [6, 6.07) is 15.3. The van der Waals surface area contributed by atoms with Crippen molar-refractivity contribution < 1.29 is 14.3 Å². The summed E-state index contributed by atoms with van der Waals surface area (Å²) in [5, 5.41) is 0.881. The highest BCUT2D eigenvalue weighted by molar-refractivity contribution is 6.07. The molecule has 0 radical (unpaired) electrons. The molecule has 1 unspecified atom stereocenters. The minimum atomic E-state index is 0.0730. The van der Waals surface area contributed by atoms with E-state index in [9.17, 15) is 4.79 Å². The highest BCUT2D eigenvalue weighted by Gasteiger charge is 2.24. The van der Waals surface area contributed by atoms with E-state index in [1.165, 1.54) is 6.42 Å². The van der Waals surface area contributed by atoms with E-state index in [1.54, 1.807) is 14.2 Å². The zero-order valence-electron chi connectivity index (χ0n) is 17.1. The minimum absolute atomic E-state index is 0.0730. The van der Waals surface area contributed by atoms with Gasteiger partial charge in [0.2, 0.25) is 0 Å². The fraction of sp³-hybridized carbons (Fsp3) is 0.333. The van der Waals surface area contributed by atoms with E-state index in [0.717, 1.165) is 41.7 Å². The molecule has 3 aromatic rings. The third-order valence-electron chi connectivity index (χ3n) is 5.58. The Labute approximate surface area is 171 Å². The van der Waals surface area contributed by atoms with Crippen LogP contribution in [0.3, 0.4) is 0 Å². The van der Waals surface area contributed by atoms with Crippen molar-refractivity contribution in [1.82, 2.24) is 9.88 Å². The zero-order chi connectivity index (χ0) is 20.4. The number of fused-ring (bicyclic) bond motifs is 1. The van der Waals surface area contributed by atoms with Crippen molar-refractivity contribution in [2.24, 2.45) is 5.92 Å². The Hall–Kier alpha value is -3.08. The molecule has 5 nitrogen and oxygen atoms in total. The van der Waals surface area contributed by atoms with Gasteiger partial charge in [-0.2, -0.15) is 0 Å². The van der Waals surface area contributed by atoms with Crippen LogP contribution >= 0.6 is 0 Å². The van der Waals surface area contributed by atoms with Gasteiger partial charge in [0.25, 0.3) is 5.91 Å². The largest absolute Gasteiger partial charge is 0.497 e. The van der Waals surface area contributed by atoms with Crippen molar-refractivity contribution in [3.05, 3.63) is 54.1 Å². The van der Waals surface area contributed by atoms with Crippen LogP contribution in [0.4, 0.5) is 0 Å². The van der Waals surface area contributed by atoms with Crippen LogP contribution in [0.1, 0.15) is 30.1 Å². The van der Waals surface area contributed by atoms with Gasteiger partial charge in [0, 0.05) is 30.1 Å². The van der Waals surface area contributed by atoms with Gasteiger partial charge in [-0.1, -0.05) is 25.1 Å². The number of methoxy groups -OCH3 is 2. The van der Waals surface area contributed by atoms with Crippen molar-refractivity contribution in [1.29, 1.82) is 0 Å². The van der Waals surface area contributed by atoms with Gasteiger partial charge in [-0.3, -0.25) is 4.79 Å². The standard InChI is InChI=1S/C24H26N2O3/c1-16-7-6-12-26(15-16)24(27)20-14-22(25-21-9-5-4-8-18(20)21)19-11-10-17(28-2)13-23(19)29-3/h4-5,8-11,13-14,16H,6-7,12,15H2,1-3H3. The molecule has 5 heteroatoms. The highest BCUT2D eigenvalue weighted by Crippen LogP contribution is 2.34. The SMILES string of the molecule is COc1ccc(-c2cc(C(=O)N3CCCC(C)C3)c3ccccc3n2)c(OC)c1. The number of carbonyl (C=O) groups is 1. The van der Waals surface area contributed by atoms with Crippen molar-refractivity contribution >= 4 is 16.8 Å². The number of hydrogen-bond donors (Lipinski definition) is 0. The number of aromatic nitrogens is 1. The lowest BCUT2D eigenvalue weighted by atomic mass is 9.98. The van der Waals surface area contributed by atoms with E-state index in [-0.39, 0.29) is 5.91 Å². The summed E-state index contributed by atoms with van der Waals surface area (Å²) in [4.78, 5) is 20.2. The number of carbonyl (C=O) groups excluding carboxylic acids is 1. The van der Waals surface area contributed by atoms with Gasteiger partial charge < -0.3 is 14.4 Å². The number of benzene rings is 2. The average molecular weight is 390 g/mol. The first-order valence-electron chi connectivity index (χ1n) is 10.0. The maximum absolute atomic E-state index is 13.4. The van der Waals surface area contributed by atoms with Crippen molar-refractivity contribution in [2.75, 3.05) is 27.3 Å². The molecule has 1 aliphatic rings. The van der Waals surface area contributed by atoms with Crippen molar-refractivity contribution in [2.45, 2.75) is 19.8 Å². The van der Waals surface area contributed by atoms with Crippen molar-refractivity contribution in [3.8, 4) is 22.8 Å². The molecule has 1 atom stereocenters. The lowest BCUT2D eigenvalue weighted by Gasteiger charge is -2.31. The van der Waals surface area contributed by atoms with Crippen molar-refractivity contribution in [3.63, 3.8) is 0 Å². The first-order chi connectivity index (χ1) is 14.1. The van der Waals surface area contributed by atoms with Crippen LogP contribution in [-0.2, 0) is 0 Å². The molecule has 2 aromatic carbocycles. The molecule has 29 heavy (non-hydrogen) atoms. The average Bonchev–Trinajstić information content (AvgIpc) is 2.77. The van der Waals surface area contributed by atoms with Crippen LogP contribution in [0, 0.1) is 5.92 Å². The Bertz CT molecular complexity index is 1050. The van der Waals surface area contributed by atoms with E-state index in [1.807, 2.05) is 53.4 Å². The normalized spacial score (nSPS) is 16.7. The topological polar surface area (TPSA) is 51.7 Å². The summed E-state index contributed by atoms with van der Waals surface area (Å²) >= 11 is 0. The lowest BCUT2D eigenvalue weighted by molar-refractivity contribution is 0.0685. The van der Waals surface area contributed by atoms with Crippen LogP contribution in [-0.4, -0.2) is 43.1 Å². The Morgan fingerprint density at radius 2 is 1.93 bits per heavy atom. The number of likely N-dealkylation sites (tertiary alicyclic amines) is 1. The first kappa shape index (κ1) is 19.2. The van der Waals surface area contributed by atoms with E-state index >= 15 is 0 Å². The minimum Gasteiger partial charge on any atom is -0.497 e. The monoisotopic (exact) mass is 390 g/mol. The molecule has 2 heterocycles. The van der Waals surface area contributed by atoms with Gasteiger partial charge in [-0.15, -0.1) is 0 Å². The summed E-state index contributed by atoms with van der Waals surface area (Å²) in [6.45, 7) is 3.81. The predicted molar refractivity (Wildman–Crippen MR) is 115 cm³/mol. The van der Waals surface area contributed by atoms with Crippen LogP contribution in [0.25, 0.3) is 22.2 Å². The molecule has 0 saturated carbocycles. The highest BCUT2D eigenvalue weighted by atomic mass is 16.5. The Balaban J connectivity index is 1.84. The second-order valence-corrected chi connectivity index (χ2v) is 7.64.